The molecule has 0 aromatic heterocycles. The van der Waals surface area contributed by atoms with Gasteiger partial charge >= 0.3 is 18.1 Å². The number of amides is 1. The third kappa shape index (κ3) is 4.49. The molecule has 178 valence electrons. The van der Waals surface area contributed by atoms with Crippen molar-refractivity contribution in [2.75, 3.05) is 12.5 Å². The Labute approximate surface area is 196 Å². The Balaban J connectivity index is 1.57. The number of nitrogens with one attached hydrogen (secondary N) is 1. The van der Waals surface area contributed by atoms with Crippen LogP contribution in [0.3, 0.4) is 0 Å². The third-order valence-electron chi connectivity index (χ3n) is 5.48. The first-order chi connectivity index (χ1) is 16.5. The van der Waals surface area contributed by atoms with Crippen molar-refractivity contribution in [1.29, 1.82) is 0 Å². The Kier molecular flexibility index (Phi) is 5.87. The molecule has 0 radical (unpaired) electrons. The van der Waals surface area contributed by atoms with Crippen molar-refractivity contribution < 1.29 is 33.0 Å². The molecule has 1 aliphatic rings. The van der Waals surface area contributed by atoms with Gasteiger partial charge < -0.3 is 10.2 Å². The Morgan fingerprint density at radius 3 is 2.40 bits per heavy atom. The van der Waals surface area contributed by atoms with Crippen molar-refractivity contribution >= 4 is 35.2 Å². The second-order valence-corrected chi connectivity index (χ2v) is 7.75. The summed E-state index contributed by atoms with van der Waals surface area (Å²) in [5, 5.41) is 28.0. The lowest BCUT2D eigenvalue weighted by molar-refractivity contribution is -0.137. The number of para-hydroxylation sites is 1. The van der Waals surface area contributed by atoms with Crippen molar-refractivity contribution in [2.45, 2.75) is 6.18 Å². The Morgan fingerprint density at radius 1 is 1.06 bits per heavy atom. The van der Waals surface area contributed by atoms with Gasteiger partial charge in [0.05, 0.1) is 16.8 Å². The second-order valence-electron chi connectivity index (χ2n) is 7.75. The number of carboxylic acid groups (broad SMARTS) is 1. The molecule has 3 N–H and O–H groups in total. The molecule has 1 heterocycles. The number of phenolic OH excluding ortho intramolecular Hbond substituents is 1. The van der Waals surface area contributed by atoms with Gasteiger partial charge in [-0.3, -0.25) is 5.43 Å². The quantitative estimate of drug-likeness (QED) is 0.277. The minimum absolute atomic E-state index is 0.0496. The largest absolute Gasteiger partial charge is 0.505 e. The number of nitrogens with zero attached hydrogens (tertiary/aromatic N) is 3. The minimum Gasteiger partial charge on any atom is -0.505 e. The summed E-state index contributed by atoms with van der Waals surface area (Å²) in [6, 6.07) is 14.8. The summed E-state index contributed by atoms with van der Waals surface area (Å²) in [4.78, 5) is 24.2. The van der Waals surface area contributed by atoms with Gasteiger partial charge in [-0.05, 0) is 35.9 Å². The molecule has 3 aromatic rings. The number of rotatable bonds is 5. The van der Waals surface area contributed by atoms with E-state index in [0.29, 0.717) is 11.1 Å². The van der Waals surface area contributed by atoms with E-state index < -0.39 is 28.2 Å². The van der Waals surface area contributed by atoms with Crippen LogP contribution < -0.4 is 10.0 Å². The number of quaternary nitrogens is 1. The number of alkyl halides is 3. The number of hydrogen-bond donors (Lipinski definition) is 3. The first-order valence-electron chi connectivity index (χ1n) is 10.1. The fourth-order valence-electron chi connectivity index (χ4n) is 3.51. The van der Waals surface area contributed by atoms with Crippen molar-refractivity contribution in [1.82, 2.24) is 4.59 Å². The Hall–Kier alpha value is -4.51. The lowest BCUT2D eigenvalue weighted by Gasteiger charge is -2.20. The van der Waals surface area contributed by atoms with Crippen LogP contribution in [0.1, 0.15) is 15.9 Å². The number of phenols is 1. The highest BCUT2D eigenvalue weighted by molar-refractivity contribution is 6.64. The molecule has 1 amide bonds. The van der Waals surface area contributed by atoms with Crippen LogP contribution >= 0.6 is 0 Å². The summed E-state index contributed by atoms with van der Waals surface area (Å²) in [5.41, 5.74) is 2.87. The number of carboxylic acids is 1. The molecule has 8 nitrogen and oxygen atoms in total. The van der Waals surface area contributed by atoms with Gasteiger partial charge in [-0.2, -0.15) is 18.3 Å². The molecule has 35 heavy (non-hydrogen) atoms. The van der Waals surface area contributed by atoms with Gasteiger partial charge in [-0.15, -0.1) is 4.59 Å². The Bertz CT molecular complexity index is 1380. The summed E-state index contributed by atoms with van der Waals surface area (Å²) in [7, 11) is 1.41. The van der Waals surface area contributed by atoms with Crippen LogP contribution in [0.4, 0.5) is 24.5 Å². The van der Waals surface area contributed by atoms with Gasteiger partial charge in [0.15, 0.2) is 5.69 Å². The first-order valence-corrected chi connectivity index (χ1v) is 10.1. The number of benzene rings is 3. The summed E-state index contributed by atoms with van der Waals surface area (Å²) in [6.45, 7) is 0. The maximum Gasteiger partial charge on any atom is 0.416 e. The van der Waals surface area contributed by atoms with E-state index in [1.54, 1.807) is 24.3 Å². The molecule has 0 saturated carbocycles. The fourth-order valence-corrected chi connectivity index (χ4v) is 3.51. The second kappa shape index (κ2) is 8.69. The molecule has 1 unspecified atom stereocenters. The van der Waals surface area contributed by atoms with Crippen LogP contribution in [0.15, 0.2) is 76.9 Å². The van der Waals surface area contributed by atoms with Crippen LogP contribution in [-0.4, -0.2) is 41.1 Å². The number of aromatic hydroxyl groups is 1. The van der Waals surface area contributed by atoms with E-state index in [1.165, 1.54) is 43.6 Å². The van der Waals surface area contributed by atoms with Gasteiger partial charge in [-0.25, -0.2) is 9.59 Å². The fraction of sp³-hybridized carbons (Fsp3) is 0.0833. The number of aromatic carboxylic acids is 1. The van der Waals surface area contributed by atoms with Gasteiger partial charge in [0.25, 0.3) is 0 Å². The van der Waals surface area contributed by atoms with Gasteiger partial charge in [0, 0.05) is 17.7 Å². The van der Waals surface area contributed by atoms with E-state index in [-0.39, 0.29) is 28.4 Å². The van der Waals surface area contributed by atoms with Crippen molar-refractivity contribution in [3.05, 3.63) is 77.9 Å². The molecule has 0 fully saturated rings. The SMILES string of the molecule is C[N+]1(c2ccc(C(F)(F)F)cc2)N=CC(=NNc2cccc(-c3cccc(C(=O)O)c3)c2O)C1=O. The molecule has 0 aliphatic carbocycles. The average Bonchev–Trinajstić information content (AvgIpc) is 3.12. The van der Waals surface area contributed by atoms with E-state index in [0.717, 1.165) is 12.1 Å². The van der Waals surface area contributed by atoms with Crippen LogP contribution in [0.2, 0.25) is 0 Å². The van der Waals surface area contributed by atoms with Crippen molar-refractivity contribution in [3.8, 4) is 16.9 Å². The molecule has 11 heteroatoms. The molecule has 0 saturated heterocycles. The summed E-state index contributed by atoms with van der Waals surface area (Å²) in [5.74, 6) is -1.93. The minimum atomic E-state index is -4.50. The van der Waals surface area contributed by atoms with Crippen LogP contribution in [-0.2, 0) is 11.0 Å². The zero-order chi connectivity index (χ0) is 25.4. The normalized spacial score (nSPS) is 18.7. The van der Waals surface area contributed by atoms with E-state index in [4.69, 9.17) is 0 Å². The number of anilines is 1. The van der Waals surface area contributed by atoms with Crippen molar-refractivity contribution in [2.24, 2.45) is 10.2 Å². The van der Waals surface area contributed by atoms with Gasteiger partial charge in [0.2, 0.25) is 5.71 Å². The lowest BCUT2D eigenvalue weighted by atomic mass is 10.0. The standard InChI is InChI=1S/C24H17F3N4O4/c1-31(17-10-8-16(9-11-17)24(25,26)27)22(33)20(13-28-31)30-29-19-7-3-6-18(21(19)32)14-4-2-5-15(12-14)23(34)35/h2-13H,1H3,(H2-,28,29,30,32,33,34,35)/p+1. The topological polar surface area (TPSA) is 111 Å². The molecule has 0 bridgehead atoms. The molecular formula is C24H18F3N4O4+. The van der Waals surface area contributed by atoms with Crippen LogP contribution in [0, 0.1) is 0 Å². The van der Waals surface area contributed by atoms with Gasteiger partial charge in [0.1, 0.15) is 19.0 Å². The van der Waals surface area contributed by atoms with Crippen molar-refractivity contribution in [3.63, 3.8) is 0 Å². The molecule has 4 rings (SSSR count). The Morgan fingerprint density at radius 2 is 1.74 bits per heavy atom. The first kappa shape index (κ1) is 23.6. The lowest BCUT2D eigenvalue weighted by Crippen LogP contribution is -2.45. The van der Waals surface area contributed by atoms with E-state index in [2.05, 4.69) is 15.6 Å². The third-order valence-corrected chi connectivity index (χ3v) is 5.48. The average molecular weight is 483 g/mol. The predicted molar refractivity (Wildman–Crippen MR) is 124 cm³/mol. The number of hydrazone groups is 1. The highest BCUT2D eigenvalue weighted by Gasteiger charge is 2.44. The zero-order valence-electron chi connectivity index (χ0n) is 18.1. The maximum atomic E-state index is 12.9. The van der Waals surface area contributed by atoms with Crippen LogP contribution in [0.5, 0.6) is 5.75 Å². The van der Waals surface area contributed by atoms with E-state index in [1.807, 2.05) is 0 Å². The number of hydrogen-bond acceptors (Lipinski definition) is 6. The zero-order valence-corrected chi connectivity index (χ0v) is 18.1. The van der Waals surface area contributed by atoms with Crippen LogP contribution in [0.25, 0.3) is 11.1 Å². The predicted octanol–water partition coefficient (Wildman–Crippen LogP) is 4.71. The smallest absolute Gasteiger partial charge is 0.416 e. The maximum absolute atomic E-state index is 12.9. The highest BCUT2D eigenvalue weighted by atomic mass is 19.4. The van der Waals surface area contributed by atoms with E-state index >= 15 is 0 Å². The summed E-state index contributed by atoms with van der Waals surface area (Å²) in [6.07, 6.45) is -3.32. The molecular weight excluding hydrogens is 465 g/mol. The number of carbonyl (C=O) groups is 2. The molecule has 1 aliphatic heterocycles. The van der Waals surface area contributed by atoms with Gasteiger partial charge in [-0.1, -0.05) is 29.4 Å². The molecule has 1 atom stereocenters. The molecule has 0 spiro atoms. The summed E-state index contributed by atoms with van der Waals surface area (Å²) >= 11 is 0. The monoisotopic (exact) mass is 483 g/mol. The summed E-state index contributed by atoms with van der Waals surface area (Å²) < 4.78 is 37.9. The number of halogens is 3. The molecule has 3 aromatic carbocycles. The highest BCUT2D eigenvalue weighted by Crippen LogP contribution is 2.36. The number of carbonyl (C=O) groups excluding carboxylic acids is 1. The van der Waals surface area contributed by atoms with E-state index in [9.17, 15) is 33.0 Å².